The molecule has 0 radical (unpaired) electrons. The minimum Gasteiger partial charge on any atom is -0.465 e. The summed E-state index contributed by atoms with van der Waals surface area (Å²) in [7, 11) is 1.33. The molecule has 6 nitrogen and oxygen atoms in total. The Labute approximate surface area is 169 Å². The van der Waals surface area contributed by atoms with E-state index in [1.165, 1.54) is 18.2 Å². The highest BCUT2D eigenvalue weighted by atomic mass is 16.5. The summed E-state index contributed by atoms with van der Waals surface area (Å²) < 4.78 is 4.68. The maximum Gasteiger partial charge on any atom is 0.337 e. The third-order valence-corrected chi connectivity index (χ3v) is 5.03. The van der Waals surface area contributed by atoms with Crippen LogP contribution >= 0.6 is 0 Å². The van der Waals surface area contributed by atoms with Gasteiger partial charge in [-0.25, -0.2) is 9.78 Å². The fourth-order valence-electron chi connectivity index (χ4n) is 3.43. The normalized spacial score (nSPS) is 12.8. The summed E-state index contributed by atoms with van der Waals surface area (Å²) >= 11 is 0. The van der Waals surface area contributed by atoms with Gasteiger partial charge in [0.15, 0.2) is 0 Å². The smallest absolute Gasteiger partial charge is 0.337 e. The van der Waals surface area contributed by atoms with Gasteiger partial charge < -0.3 is 15.0 Å². The van der Waals surface area contributed by atoms with E-state index >= 15 is 0 Å². The number of rotatable bonds is 4. The van der Waals surface area contributed by atoms with Crippen molar-refractivity contribution < 1.29 is 14.3 Å². The van der Waals surface area contributed by atoms with Gasteiger partial charge in [0.1, 0.15) is 5.82 Å². The number of hydrogen-bond donors (Lipinski definition) is 1. The van der Waals surface area contributed by atoms with Gasteiger partial charge in [-0.1, -0.05) is 24.3 Å². The van der Waals surface area contributed by atoms with Crippen LogP contribution in [0.1, 0.15) is 31.8 Å². The van der Waals surface area contributed by atoms with Gasteiger partial charge >= 0.3 is 5.97 Å². The summed E-state index contributed by atoms with van der Waals surface area (Å²) in [5.74, 6) is 0.148. The van der Waals surface area contributed by atoms with Gasteiger partial charge in [0.05, 0.1) is 12.7 Å². The molecular formula is C23H21N3O3. The molecule has 146 valence electrons. The Morgan fingerprint density at radius 3 is 2.52 bits per heavy atom. The Bertz CT molecular complexity index is 1050. The van der Waals surface area contributed by atoms with E-state index in [0.717, 1.165) is 25.3 Å². The van der Waals surface area contributed by atoms with Crippen molar-refractivity contribution in [2.45, 2.75) is 13.0 Å². The highest BCUT2D eigenvalue weighted by Crippen LogP contribution is 2.23. The number of esters is 1. The second-order valence-electron chi connectivity index (χ2n) is 6.87. The summed E-state index contributed by atoms with van der Waals surface area (Å²) in [6.07, 6.45) is 2.62. The van der Waals surface area contributed by atoms with Gasteiger partial charge in [0.25, 0.3) is 5.91 Å². The summed E-state index contributed by atoms with van der Waals surface area (Å²) in [6.45, 7) is 1.65. The minimum absolute atomic E-state index is 0.225. The molecule has 29 heavy (non-hydrogen) atoms. The van der Waals surface area contributed by atoms with Gasteiger partial charge in [0.2, 0.25) is 0 Å². The van der Waals surface area contributed by atoms with Crippen molar-refractivity contribution in [2.24, 2.45) is 0 Å². The number of hydrogen-bond acceptors (Lipinski definition) is 5. The minimum atomic E-state index is -0.412. The monoisotopic (exact) mass is 387 g/mol. The van der Waals surface area contributed by atoms with Gasteiger partial charge in [-0.15, -0.1) is 0 Å². The average Bonchev–Trinajstić information content (AvgIpc) is 2.78. The molecule has 0 bridgehead atoms. The van der Waals surface area contributed by atoms with Crippen LogP contribution in [-0.2, 0) is 17.7 Å². The number of carbonyl (C=O) groups is 2. The number of pyridine rings is 1. The molecule has 1 amide bonds. The Morgan fingerprint density at radius 1 is 1.00 bits per heavy atom. The molecule has 0 spiro atoms. The molecule has 1 N–H and O–H groups in total. The molecule has 0 unspecified atom stereocenters. The van der Waals surface area contributed by atoms with Crippen LogP contribution in [0.5, 0.6) is 0 Å². The van der Waals surface area contributed by atoms with Crippen molar-refractivity contribution in [3.63, 3.8) is 0 Å². The van der Waals surface area contributed by atoms with E-state index in [2.05, 4.69) is 38.1 Å². The summed E-state index contributed by atoms with van der Waals surface area (Å²) in [6, 6.07) is 18.5. The molecule has 2 heterocycles. The first-order chi connectivity index (χ1) is 14.1. The molecule has 3 aromatic rings. The maximum absolute atomic E-state index is 12.7. The van der Waals surface area contributed by atoms with Crippen molar-refractivity contribution in [2.75, 3.05) is 23.9 Å². The highest BCUT2D eigenvalue weighted by molar-refractivity contribution is 6.04. The molecule has 0 aliphatic carbocycles. The molecule has 1 aliphatic heterocycles. The third-order valence-electron chi connectivity index (χ3n) is 5.03. The molecule has 1 aromatic heterocycles. The van der Waals surface area contributed by atoms with Crippen LogP contribution in [0.15, 0.2) is 66.9 Å². The zero-order valence-electron chi connectivity index (χ0n) is 16.1. The molecule has 0 fully saturated rings. The van der Waals surface area contributed by atoms with E-state index in [1.54, 1.807) is 36.5 Å². The molecule has 4 rings (SSSR count). The Morgan fingerprint density at radius 2 is 1.76 bits per heavy atom. The number of fused-ring (bicyclic) bond motifs is 1. The van der Waals surface area contributed by atoms with Crippen molar-refractivity contribution in [1.82, 2.24) is 4.98 Å². The number of carbonyl (C=O) groups excluding carboxylic acids is 2. The number of anilines is 2. The number of methoxy groups -OCH3 is 1. The van der Waals surface area contributed by atoms with Crippen LogP contribution < -0.4 is 10.2 Å². The lowest BCUT2D eigenvalue weighted by Crippen LogP contribution is -2.31. The number of aromatic nitrogens is 1. The van der Waals surface area contributed by atoms with Crippen molar-refractivity contribution in [3.8, 4) is 0 Å². The van der Waals surface area contributed by atoms with E-state index in [4.69, 9.17) is 0 Å². The lowest BCUT2D eigenvalue weighted by molar-refractivity contribution is 0.0600. The molecule has 0 atom stereocenters. The highest BCUT2D eigenvalue weighted by Gasteiger charge is 2.18. The fraction of sp³-hybridized carbons (Fsp3) is 0.174. The predicted octanol–water partition coefficient (Wildman–Crippen LogP) is 3.68. The fourth-order valence-corrected chi connectivity index (χ4v) is 3.43. The first-order valence-corrected chi connectivity index (χ1v) is 9.41. The van der Waals surface area contributed by atoms with Crippen molar-refractivity contribution >= 4 is 23.4 Å². The van der Waals surface area contributed by atoms with Crippen LogP contribution in [-0.4, -0.2) is 30.5 Å². The summed E-state index contributed by atoms with van der Waals surface area (Å²) in [5.41, 5.74) is 4.23. The predicted molar refractivity (Wildman–Crippen MR) is 111 cm³/mol. The quantitative estimate of drug-likeness (QED) is 0.692. The van der Waals surface area contributed by atoms with E-state index in [1.807, 2.05) is 12.1 Å². The zero-order valence-corrected chi connectivity index (χ0v) is 16.1. The van der Waals surface area contributed by atoms with E-state index < -0.39 is 5.97 Å². The molecule has 2 aromatic carbocycles. The summed E-state index contributed by atoms with van der Waals surface area (Å²) in [4.78, 5) is 30.8. The first-order valence-electron chi connectivity index (χ1n) is 9.41. The molecule has 1 aliphatic rings. The van der Waals surface area contributed by atoms with Crippen LogP contribution in [0.2, 0.25) is 0 Å². The Kier molecular flexibility index (Phi) is 5.24. The third kappa shape index (κ3) is 4.11. The van der Waals surface area contributed by atoms with Crippen LogP contribution in [0.25, 0.3) is 0 Å². The topological polar surface area (TPSA) is 71.5 Å². The standard InChI is InChI=1S/C23H21N3O3/c1-29-23(28)17-6-8-20(9-7-17)25-22(27)18-10-12-24-21(14-18)26-13-11-16-4-2-3-5-19(16)15-26/h2-10,12,14H,11,13,15H2,1H3,(H,25,27). The van der Waals surface area contributed by atoms with Crippen LogP contribution in [0, 0.1) is 0 Å². The van der Waals surface area contributed by atoms with E-state index in [9.17, 15) is 9.59 Å². The lowest BCUT2D eigenvalue weighted by Gasteiger charge is -2.29. The van der Waals surface area contributed by atoms with Gasteiger partial charge in [0, 0.05) is 30.5 Å². The number of ether oxygens (including phenoxy) is 1. The van der Waals surface area contributed by atoms with Crippen molar-refractivity contribution in [3.05, 3.63) is 89.1 Å². The SMILES string of the molecule is COC(=O)c1ccc(NC(=O)c2ccnc(N3CCc4ccccc4C3)c2)cc1. The average molecular weight is 387 g/mol. The Hall–Kier alpha value is -3.67. The van der Waals surface area contributed by atoms with Gasteiger partial charge in [-0.3, -0.25) is 4.79 Å². The molecular weight excluding hydrogens is 366 g/mol. The molecule has 6 heteroatoms. The van der Waals surface area contributed by atoms with Crippen molar-refractivity contribution in [1.29, 1.82) is 0 Å². The first kappa shape index (κ1) is 18.7. The van der Waals surface area contributed by atoms with E-state index in [0.29, 0.717) is 16.8 Å². The number of nitrogens with zero attached hydrogens (tertiary/aromatic N) is 2. The largest absolute Gasteiger partial charge is 0.465 e. The number of nitrogens with one attached hydrogen (secondary N) is 1. The maximum atomic E-state index is 12.7. The second kappa shape index (κ2) is 8.14. The zero-order chi connectivity index (χ0) is 20.2. The van der Waals surface area contributed by atoms with E-state index in [-0.39, 0.29) is 5.91 Å². The molecule has 0 saturated carbocycles. The number of amides is 1. The van der Waals surface area contributed by atoms with Crippen LogP contribution in [0.3, 0.4) is 0 Å². The second-order valence-corrected chi connectivity index (χ2v) is 6.87. The molecule has 0 saturated heterocycles. The van der Waals surface area contributed by atoms with Gasteiger partial charge in [-0.2, -0.15) is 0 Å². The number of benzene rings is 2. The Balaban J connectivity index is 1.47. The summed E-state index contributed by atoms with van der Waals surface area (Å²) in [5, 5.41) is 2.85. The lowest BCUT2D eigenvalue weighted by atomic mass is 10.00. The van der Waals surface area contributed by atoms with Gasteiger partial charge in [-0.05, 0) is 53.9 Å². The van der Waals surface area contributed by atoms with Crippen LogP contribution in [0.4, 0.5) is 11.5 Å².